The minimum absolute atomic E-state index is 0.0468. The minimum atomic E-state index is -5.45. The maximum atomic E-state index is 14.8. The number of hydrogen-bond acceptors (Lipinski definition) is 8. The molecule has 0 aliphatic carbocycles. The van der Waals surface area contributed by atoms with Crippen LogP contribution in [0.3, 0.4) is 0 Å². The smallest absolute Gasteiger partial charge is 0.207 e. The molecule has 4 rings (SSSR count). The lowest BCUT2D eigenvalue weighted by atomic mass is 10.1. The molecule has 0 bridgehead atoms. The van der Waals surface area contributed by atoms with Crippen LogP contribution in [0.25, 0.3) is 0 Å². The number of nitrogens with zero attached hydrogens (tertiary/aromatic N) is 4. The Kier molecular flexibility index (Phi) is 10.9. The van der Waals surface area contributed by atoms with Crippen LogP contribution < -0.4 is 0 Å². The quantitative estimate of drug-likeness (QED) is 0.145. The molecule has 0 spiro atoms. The van der Waals surface area contributed by atoms with Gasteiger partial charge >= 0.3 is 12.4 Å². The minimum Gasteiger partial charge on any atom is -0.207 e. The van der Waals surface area contributed by atoms with Crippen LogP contribution in [0.5, 0.6) is 0 Å². The largest absolute Gasteiger partial charge is 0.409 e. The summed E-state index contributed by atoms with van der Waals surface area (Å²) in [6.45, 7) is -1.30. The van der Waals surface area contributed by atoms with Crippen molar-refractivity contribution in [3.8, 4) is 12.1 Å². The van der Waals surface area contributed by atoms with E-state index in [-0.39, 0.29) is 24.8 Å². The Balaban J connectivity index is 1.96. The van der Waals surface area contributed by atoms with Gasteiger partial charge in [0, 0.05) is 18.5 Å². The van der Waals surface area contributed by atoms with Gasteiger partial charge in [0.25, 0.3) is 10.0 Å². The van der Waals surface area contributed by atoms with Crippen molar-refractivity contribution in [2.24, 2.45) is 0 Å². The Hall–Kier alpha value is -3.92. The summed E-state index contributed by atoms with van der Waals surface area (Å²) < 4.78 is 170. The van der Waals surface area contributed by atoms with E-state index >= 15 is 0 Å². The van der Waals surface area contributed by atoms with E-state index in [2.05, 4.69) is 0 Å². The first-order valence-corrected chi connectivity index (χ1v) is 18.0. The lowest BCUT2D eigenvalue weighted by Crippen LogP contribution is -2.43. The molecule has 260 valence electrons. The Bertz CT molecular complexity index is 2120. The predicted octanol–water partition coefficient (Wildman–Crippen LogP) is 7.64. The van der Waals surface area contributed by atoms with Crippen LogP contribution in [0.2, 0.25) is 0 Å². The van der Waals surface area contributed by atoms with Crippen molar-refractivity contribution in [1.29, 1.82) is 10.5 Å². The molecule has 2 aromatic heterocycles. The van der Waals surface area contributed by atoms with E-state index in [0.29, 0.717) is 59.9 Å². The van der Waals surface area contributed by atoms with Crippen molar-refractivity contribution in [2.75, 3.05) is 6.54 Å². The Morgan fingerprint density at radius 2 is 1.20 bits per heavy atom. The molecule has 2 heterocycles. The molecular weight excluding hydrogens is 749 g/mol. The van der Waals surface area contributed by atoms with Crippen molar-refractivity contribution in [2.45, 2.75) is 47.0 Å². The van der Waals surface area contributed by atoms with Gasteiger partial charge in [-0.25, -0.2) is 25.6 Å². The summed E-state index contributed by atoms with van der Waals surface area (Å²) in [5, 5.41) is 19.6. The lowest BCUT2D eigenvalue weighted by Gasteiger charge is -2.33. The number of halogens is 8. The Labute approximate surface area is 282 Å². The van der Waals surface area contributed by atoms with Crippen molar-refractivity contribution in [3.05, 3.63) is 104 Å². The zero-order chi connectivity index (χ0) is 36.5. The van der Waals surface area contributed by atoms with Crippen LogP contribution >= 0.6 is 22.7 Å². The van der Waals surface area contributed by atoms with Crippen LogP contribution in [0.15, 0.2) is 75.1 Å². The standard InChI is InChI=1S/C29H20F8N4O4S4/c1-2-40(25(28(32,33)34)17-3-7-20(30)8-4-17)49(44,45)27-19(11-23(14-39)47-27)15-41(48(42,43)24-12-22(13-38)46-16-24)26(29(35,36)37)18-5-9-21(31)10-6-18/h3-12,16,25-26H,2,15H2,1H3/t25?,26-/m0/s1. The van der Waals surface area contributed by atoms with Crippen LogP contribution in [0.4, 0.5) is 35.1 Å². The highest BCUT2D eigenvalue weighted by molar-refractivity contribution is 7.91. The third kappa shape index (κ3) is 7.95. The SMILES string of the molecule is CCN(C(c1ccc(F)cc1)C(F)(F)F)S(=O)(=O)c1sc(C#N)cc1CN([C@@H](c1ccc(F)cc1)C(F)(F)F)S(=O)(=O)c1csc(C#N)c1. The molecule has 0 radical (unpaired) electrons. The number of thiophene rings is 2. The Morgan fingerprint density at radius 3 is 1.61 bits per heavy atom. The normalized spacial score (nSPS) is 14.1. The molecule has 2 aromatic carbocycles. The Morgan fingerprint density at radius 1 is 0.735 bits per heavy atom. The van der Waals surface area contributed by atoms with E-state index in [4.69, 9.17) is 0 Å². The molecule has 0 saturated carbocycles. The predicted molar refractivity (Wildman–Crippen MR) is 161 cm³/mol. The summed E-state index contributed by atoms with van der Waals surface area (Å²) in [4.78, 5) is -1.51. The molecular formula is C29H20F8N4O4S4. The van der Waals surface area contributed by atoms with Gasteiger partial charge in [-0.1, -0.05) is 31.2 Å². The van der Waals surface area contributed by atoms with Crippen LogP contribution in [-0.2, 0) is 26.6 Å². The average molecular weight is 769 g/mol. The van der Waals surface area contributed by atoms with E-state index in [1.54, 1.807) is 12.1 Å². The maximum absolute atomic E-state index is 14.8. The molecule has 1 unspecified atom stereocenters. The summed E-state index contributed by atoms with van der Waals surface area (Å²) in [6, 6.07) is 3.93. The summed E-state index contributed by atoms with van der Waals surface area (Å²) in [7, 11) is -10.7. The highest BCUT2D eigenvalue weighted by Crippen LogP contribution is 2.45. The first kappa shape index (κ1) is 37.9. The van der Waals surface area contributed by atoms with E-state index < -0.39 is 99.9 Å². The van der Waals surface area contributed by atoms with E-state index in [9.17, 15) is 62.5 Å². The summed E-state index contributed by atoms with van der Waals surface area (Å²) >= 11 is 0.670. The highest BCUT2D eigenvalue weighted by atomic mass is 32.2. The van der Waals surface area contributed by atoms with Gasteiger partial charge in [-0.2, -0.15) is 45.5 Å². The molecule has 4 aromatic rings. The van der Waals surface area contributed by atoms with Gasteiger partial charge < -0.3 is 0 Å². The molecule has 0 fully saturated rings. The molecule has 0 aliphatic heterocycles. The molecule has 0 amide bonds. The lowest BCUT2D eigenvalue weighted by molar-refractivity contribution is -0.175. The number of nitriles is 2. The van der Waals surface area contributed by atoms with Crippen molar-refractivity contribution < 1.29 is 52.0 Å². The van der Waals surface area contributed by atoms with Gasteiger partial charge in [0.15, 0.2) is 0 Å². The summed E-state index contributed by atoms with van der Waals surface area (Å²) in [6.07, 6.45) is -10.8. The van der Waals surface area contributed by atoms with Crippen LogP contribution in [0.1, 0.15) is 45.5 Å². The third-order valence-corrected chi connectivity index (χ3v) is 13.3. The van der Waals surface area contributed by atoms with E-state index in [0.717, 1.165) is 24.4 Å². The van der Waals surface area contributed by atoms with Gasteiger partial charge in [0.2, 0.25) is 10.0 Å². The summed E-state index contributed by atoms with van der Waals surface area (Å²) in [5.41, 5.74) is -2.30. The zero-order valence-corrected chi connectivity index (χ0v) is 27.8. The second-order valence-electron chi connectivity index (χ2n) is 10.0. The maximum Gasteiger partial charge on any atom is 0.409 e. The molecule has 0 N–H and O–H groups in total. The van der Waals surface area contributed by atoms with Gasteiger partial charge in [-0.15, -0.1) is 22.7 Å². The number of benzene rings is 2. The second kappa shape index (κ2) is 14.1. The molecule has 2 atom stereocenters. The van der Waals surface area contributed by atoms with Gasteiger partial charge in [-0.05, 0) is 53.1 Å². The third-order valence-electron chi connectivity index (χ3n) is 6.92. The van der Waals surface area contributed by atoms with E-state index in [1.807, 2.05) is 0 Å². The summed E-state index contributed by atoms with van der Waals surface area (Å²) in [5.74, 6) is -1.90. The molecule has 0 saturated heterocycles. The highest BCUT2D eigenvalue weighted by Gasteiger charge is 2.52. The molecule has 8 nitrogen and oxygen atoms in total. The number of sulfonamides is 2. The first-order valence-electron chi connectivity index (χ1n) is 13.4. The fourth-order valence-electron chi connectivity index (χ4n) is 4.85. The van der Waals surface area contributed by atoms with Crippen LogP contribution in [-0.4, -0.2) is 44.3 Å². The first-order chi connectivity index (χ1) is 22.7. The van der Waals surface area contributed by atoms with Gasteiger partial charge in [0.1, 0.15) is 49.8 Å². The average Bonchev–Trinajstić information content (AvgIpc) is 3.68. The van der Waals surface area contributed by atoms with Gasteiger partial charge in [0.05, 0.1) is 4.90 Å². The molecule has 49 heavy (non-hydrogen) atoms. The second-order valence-corrected chi connectivity index (χ2v) is 16.0. The number of rotatable bonds is 11. The number of hydrogen-bond donors (Lipinski definition) is 0. The molecule has 20 heteroatoms. The fraction of sp³-hybridized carbons (Fsp3) is 0.241. The fourth-order valence-corrected chi connectivity index (χ4v) is 10.7. The monoisotopic (exact) mass is 768 g/mol. The topological polar surface area (TPSA) is 122 Å². The van der Waals surface area contributed by atoms with Crippen molar-refractivity contribution in [3.63, 3.8) is 0 Å². The van der Waals surface area contributed by atoms with E-state index in [1.165, 1.54) is 0 Å². The van der Waals surface area contributed by atoms with Crippen molar-refractivity contribution >= 4 is 42.7 Å². The number of alkyl halides is 6. The van der Waals surface area contributed by atoms with Crippen molar-refractivity contribution in [1.82, 2.24) is 8.61 Å². The molecule has 0 aliphatic rings. The zero-order valence-electron chi connectivity index (χ0n) is 24.5. The van der Waals surface area contributed by atoms with Crippen LogP contribution in [0, 0.1) is 34.3 Å². The van der Waals surface area contributed by atoms with Gasteiger partial charge in [-0.3, -0.25) is 0 Å².